The fourth-order valence-electron chi connectivity index (χ4n) is 2.43. The van der Waals surface area contributed by atoms with E-state index in [4.69, 9.17) is 11.2 Å². The van der Waals surface area contributed by atoms with Crippen LogP contribution < -0.4 is 20.1 Å². The predicted octanol–water partition coefficient (Wildman–Crippen LogP) is 1.76. The summed E-state index contributed by atoms with van der Waals surface area (Å²) < 4.78 is 33.1. The third-order valence-corrected chi connectivity index (χ3v) is 5.23. The Labute approximate surface area is 176 Å². The van der Waals surface area contributed by atoms with Gasteiger partial charge in [-0.05, 0) is 49.4 Å². The molecule has 0 spiro atoms. The molecular formula is C21H23N3O5S. The minimum atomic E-state index is -3.89. The van der Waals surface area contributed by atoms with Crippen LogP contribution in [0.4, 0.5) is 5.69 Å². The SMILES string of the molecule is C#CCNC(=O)CCNC(=O)c1cccc(S(=O)(=O)Nc2ccc(OCC)cc2)c1. The normalized spacial score (nSPS) is 10.5. The summed E-state index contributed by atoms with van der Waals surface area (Å²) in [6.45, 7) is 2.58. The number of nitrogens with one attached hydrogen (secondary N) is 3. The van der Waals surface area contributed by atoms with E-state index >= 15 is 0 Å². The van der Waals surface area contributed by atoms with Crippen LogP contribution in [0.5, 0.6) is 5.75 Å². The van der Waals surface area contributed by atoms with Crippen molar-refractivity contribution in [3.63, 3.8) is 0 Å². The molecule has 0 unspecified atom stereocenters. The molecule has 0 saturated carbocycles. The lowest BCUT2D eigenvalue weighted by Crippen LogP contribution is -2.31. The first-order valence-electron chi connectivity index (χ1n) is 9.20. The van der Waals surface area contributed by atoms with Gasteiger partial charge in [0, 0.05) is 24.2 Å². The summed E-state index contributed by atoms with van der Waals surface area (Å²) in [4.78, 5) is 23.7. The summed E-state index contributed by atoms with van der Waals surface area (Å²) in [5, 5.41) is 5.06. The topological polar surface area (TPSA) is 114 Å². The molecule has 2 aromatic carbocycles. The Morgan fingerprint density at radius 3 is 2.50 bits per heavy atom. The predicted molar refractivity (Wildman–Crippen MR) is 114 cm³/mol. The van der Waals surface area contributed by atoms with Gasteiger partial charge >= 0.3 is 0 Å². The molecule has 2 aromatic rings. The molecule has 2 amide bonds. The number of amides is 2. The van der Waals surface area contributed by atoms with Crippen molar-refractivity contribution in [1.29, 1.82) is 0 Å². The number of ether oxygens (including phenoxy) is 1. The van der Waals surface area contributed by atoms with Crippen LogP contribution in [0.2, 0.25) is 0 Å². The van der Waals surface area contributed by atoms with Gasteiger partial charge in [0.1, 0.15) is 5.75 Å². The number of rotatable bonds is 10. The van der Waals surface area contributed by atoms with Crippen molar-refractivity contribution >= 4 is 27.5 Å². The lowest BCUT2D eigenvalue weighted by Gasteiger charge is -2.11. The molecule has 8 nitrogen and oxygen atoms in total. The molecule has 0 aliphatic rings. The van der Waals surface area contributed by atoms with Gasteiger partial charge in [-0.3, -0.25) is 14.3 Å². The molecule has 2 rings (SSSR count). The zero-order chi connectivity index (χ0) is 22.0. The third kappa shape index (κ3) is 6.83. The van der Waals surface area contributed by atoms with Crippen LogP contribution in [-0.4, -0.2) is 39.9 Å². The van der Waals surface area contributed by atoms with E-state index in [0.717, 1.165) is 0 Å². The molecule has 0 aliphatic heterocycles. The summed E-state index contributed by atoms with van der Waals surface area (Å²) in [7, 11) is -3.89. The van der Waals surface area contributed by atoms with Gasteiger partial charge in [0.25, 0.3) is 15.9 Å². The Bertz CT molecular complexity index is 1030. The Kier molecular flexibility index (Phi) is 8.26. The van der Waals surface area contributed by atoms with Gasteiger partial charge < -0.3 is 15.4 Å². The van der Waals surface area contributed by atoms with E-state index in [1.165, 1.54) is 24.3 Å². The van der Waals surface area contributed by atoms with Gasteiger partial charge in [0.05, 0.1) is 18.0 Å². The molecule has 0 aromatic heterocycles. The van der Waals surface area contributed by atoms with Crippen molar-refractivity contribution in [2.24, 2.45) is 0 Å². The van der Waals surface area contributed by atoms with Crippen LogP contribution in [0.1, 0.15) is 23.7 Å². The number of hydrogen-bond donors (Lipinski definition) is 3. The molecule has 0 radical (unpaired) electrons. The van der Waals surface area contributed by atoms with E-state index in [-0.39, 0.29) is 35.9 Å². The largest absolute Gasteiger partial charge is 0.494 e. The molecule has 0 aliphatic carbocycles. The number of benzene rings is 2. The summed E-state index contributed by atoms with van der Waals surface area (Å²) in [6.07, 6.45) is 5.11. The van der Waals surface area contributed by atoms with Crippen LogP contribution in [0.15, 0.2) is 53.4 Å². The van der Waals surface area contributed by atoms with Gasteiger partial charge in [-0.15, -0.1) is 6.42 Å². The first kappa shape index (κ1) is 22.8. The summed E-state index contributed by atoms with van der Waals surface area (Å²) in [5.41, 5.74) is 0.528. The molecule has 0 saturated heterocycles. The molecule has 0 fully saturated rings. The van der Waals surface area contributed by atoms with Crippen LogP contribution in [0.25, 0.3) is 0 Å². The van der Waals surface area contributed by atoms with Crippen molar-refractivity contribution in [1.82, 2.24) is 10.6 Å². The molecule has 9 heteroatoms. The lowest BCUT2D eigenvalue weighted by atomic mass is 10.2. The lowest BCUT2D eigenvalue weighted by molar-refractivity contribution is -0.120. The summed E-state index contributed by atoms with van der Waals surface area (Å²) in [5.74, 6) is 2.14. The van der Waals surface area contributed by atoms with Gasteiger partial charge in [0.15, 0.2) is 0 Å². The number of hydrogen-bond acceptors (Lipinski definition) is 5. The van der Waals surface area contributed by atoms with Crippen LogP contribution in [0, 0.1) is 12.3 Å². The second-order valence-corrected chi connectivity index (χ2v) is 7.76. The number of anilines is 1. The number of terminal acetylenes is 1. The molecule has 0 atom stereocenters. The average Bonchev–Trinajstić information content (AvgIpc) is 2.73. The fraction of sp³-hybridized carbons (Fsp3) is 0.238. The monoisotopic (exact) mass is 429 g/mol. The molecule has 30 heavy (non-hydrogen) atoms. The minimum Gasteiger partial charge on any atom is -0.494 e. The maximum Gasteiger partial charge on any atom is 0.261 e. The van der Waals surface area contributed by atoms with E-state index in [2.05, 4.69) is 21.3 Å². The van der Waals surface area contributed by atoms with Crippen molar-refractivity contribution in [3.05, 3.63) is 54.1 Å². The highest BCUT2D eigenvalue weighted by molar-refractivity contribution is 7.92. The smallest absolute Gasteiger partial charge is 0.261 e. The Morgan fingerprint density at radius 2 is 1.83 bits per heavy atom. The third-order valence-electron chi connectivity index (χ3n) is 3.85. The van der Waals surface area contributed by atoms with Crippen LogP contribution >= 0.6 is 0 Å². The fourth-order valence-corrected chi connectivity index (χ4v) is 3.54. The molecular weight excluding hydrogens is 406 g/mol. The van der Waals surface area contributed by atoms with Crippen LogP contribution in [-0.2, 0) is 14.8 Å². The first-order chi connectivity index (χ1) is 14.4. The van der Waals surface area contributed by atoms with Crippen LogP contribution in [0.3, 0.4) is 0 Å². The Balaban J connectivity index is 2.01. The van der Waals surface area contributed by atoms with Gasteiger partial charge in [-0.1, -0.05) is 12.0 Å². The molecule has 0 bridgehead atoms. The standard InChI is InChI=1S/C21H23N3O5S/c1-3-13-22-20(25)12-14-23-21(26)16-6-5-7-19(15-16)30(27,28)24-17-8-10-18(11-9-17)29-4-2/h1,5-11,15,24H,4,12-14H2,2H3,(H,22,25)(H,23,26). The van der Waals surface area contributed by atoms with Crippen molar-refractivity contribution in [2.45, 2.75) is 18.2 Å². The maximum atomic E-state index is 12.6. The zero-order valence-electron chi connectivity index (χ0n) is 16.5. The Hall–Kier alpha value is -3.51. The maximum absolute atomic E-state index is 12.6. The summed E-state index contributed by atoms with van der Waals surface area (Å²) >= 11 is 0. The van der Waals surface area contributed by atoms with Gasteiger partial charge in [-0.25, -0.2) is 8.42 Å². The van der Waals surface area contributed by atoms with Gasteiger partial charge in [0.2, 0.25) is 5.91 Å². The summed E-state index contributed by atoms with van der Waals surface area (Å²) in [6, 6.07) is 12.1. The van der Waals surface area contributed by atoms with Gasteiger partial charge in [-0.2, -0.15) is 0 Å². The first-order valence-corrected chi connectivity index (χ1v) is 10.7. The second-order valence-electron chi connectivity index (χ2n) is 6.08. The van der Waals surface area contributed by atoms with E-state index in [1.54, 1.807) is 24.3 Å². The number of carbonyl (C=O) groups excluding carboxylic acids is 2. The van der Waals surface area contributed by atoms with Crippen molar-refractivity contribution in [2.75, 3.05) is 24.4 Å². The number of carbonyl (C=O) groups is 2. The van der Waals surface area contributed by atoms with E-state index in [9.17, 15) is 18.0 Å². The zero-order valence-corrected chi connectivity index (χ0v) is 17.3. The molecule has 0 heterocycles. The highest BCUT2D eigenvalue weighted by atomic mass is 32.2. The van der Waals surface area contributed by atoms with Crippen molar-refractivity contribution in [3.8, 4) is 18.1 Å². The minimum absolute atomic E-state index is 0.0594. The van der Waals surface area contributed by atoms with Crippen molar-refractivity contribution < 1.29 is 22.7 Å². The number of sulfonamides is 1. The quantitative estimate of drug-likeness (QED) is 0.498. The highest BCUT2D eigenvalue weighted by Gasteiger charge is 2.17. The van der Waals surface area contributed by atoms with E-state index in [1.807, 2.05) is 6.92 Å². The van der Waals surface area contributed by atoms with E-state index in [0.29, 0.717) is 18.0 Å². The molecule has 3 N–H and O–H groups in total. The average molecular weight is 429 g/mol. The Morgan fingerprint density at radius 1 is 1.10 bits per heavy atom. The van der Waals surface area contributed by atoms with E-state index < -0.39 is 15.9 Å². The molecule has 158 valence electrons. The second kappa shape index (κ2) is 10.9. The highest BCUT2D eigenvalue weighted by Crippen LogP contribution is 2.20.